The molecule has 1 aliphatic heterocycles. The molecule has 0 saturated carbocycles. The average molecular weight is 197 g/mol. The van der Waals surface area contributed by atoms with Crippen LogP contribution in [0, 0.1) is 6.92 Å². The van der Waals surface area contributed by atoms with Crippen LogP contribution in [0.15, 0.2) is 5.38 Å². The SMILES string of the molecule is Cc1csc(N2CCC(N)C2=O)n1. The van der Waals surface area contributed by atoms with Crippen LogP contribution in [0.5, 0.6) is 0 Å². The molecule has 4 nitrogen and oxygen atoms in total. The maximum Gasteiger partial charge on any atom is 0.245 e. The smallest absolute Gasteiger partial charge is 0.245 e. The first kappa shape index (κ1) is 8.65. The number of aromatic nitrogens is 1. The first-order valence-corrected chi connectivity index (χ1v) is 5.05. The molecule has 1 aromatic rings. The highest BCUT2D eigenvalue weighted by molar-refractivity contribution is 7.14. The summed E-state index contributed by atoms with van der Waals surface area (Å²) < 4.78 is 0. The van der Waals surface area contributed by atoms with E-state index in [0.717, 1.165) is 17.2 Å². The summed E-state index contributed by atoms with van der Waals surface area (Å²) in [5.41, 5.74) is 6.55. The molecular formula is C8H11N3OS. The number of hydrogen-bond donors (Lipinski definition) is 1. The third-order valence-corrected chi connectivity index (χ3v) is 3.07. The van der Waals surface area contributed by atoms with E-state index in [4.69, 9.17) is 5.73 Å². The molecule has 2 heterocycles. The van der Waals surface area contributed by atoms with E-state index in [0.29, 0.717) is 6.54 Å². The fourth-order valence-electron chi connectivity index (χ4n) is 1.36. The minimum Gasteiger partial charge on any atom is -0.320 e. The van der Waals surface area contributed by atoms with Gasteiger partial charge in [0, 0.05) is 11.9 Å². The van der Waals surface area contributed by atoms with Crippen molar-refractivity contribution in [2.75, 3.05) is 11.4 Å². The van der Waals surface area contributed by atoms with Gasteiger partial charge in [0.2, 0.25) is 5.91 Å². The van der Waals surface area contributed by atoms with Crippen LogP contribution >= 0.6 is 11.3 Å². The van der Waals surface area contributed by atoms with Crippen LogP contribution in [-0.4, -0.2) is 23.5 Å². The summed E-state index contributed by atoms with van der Waals surface area (Å²) in [5.74, 6) is -0.00523. The van der Waals surface area contributed by atoms with Crippen molar-refractivity contribution in [1.29, 1.82) is 0 Å². The average Bonchev–Trinajstić information content (AvgIpc) is 2.62. The van der Waals surface area contributed by atoms with Crippen molar-refractivity contribution < 1.29 is 4.79 Å². The van der Waals surface area contributed by atoms with Gasteiger partial charge in [-0.15, -0.1) is 11.3 Å². The van der Waals surface area contributed by atoms with Crippen molar-refractivity contribution >= 4 is 22.4 Å². The van der Waals surface area contributed by atoms with Gasteiger partial charge in [-0.25, -0.2) is 4.98 Å². The number of nitrogens with two attached hydrogens (primary N) is 1. The number of aryl methyl sites for hydroxylation is 1. The van der Waals surface area contributed by atoms with Crippen LogP contribution in [0.3, 0.4) is 0 Å². The Bertz CT molecular complexity index is 336. The molecule has 0 bridgehead atoms. The monoisotopic (exact) mass is 197 g/mol. The van der Waals surface area contributed by atoms with E-state index in [-0.39, 0.29) is 11.9 Å². The van der Waals surface area contributed by atoms with Crippen LogP contribution in [0.25, 0.3) is 0 Å². The van der Waals surface area contributed by atoms with E-state index < -0.39 is 0 Å². The van der Waals surface area contributed by atoms with Crippen molar-refractivity contribution in [2.24, 2.45) is 5.73 Å². The lowest BCUT2D eigenvalue weighted by Crippen LogP contribution is -2.33. The molecule has 1 amide bonds. The Balaban J connectivity index is 2.23. The highest BCUT2D eigenvalue weighted by atomic mass is 32.1. The third-order valence-electron chi connectivity index (χ3n) is 2.08. The Kier molecular flexibility index (Phi) is 2.05. The molecule has 1 unspecified atom stereocenters. The summed E-state index contributed by atoms with van der Waals surface area (Å²) in [5, 5.41) is 2.71. The second-order valence-electron chi connectivity index (χ2n) is 3.16. The molecule has 13 heavy (non-hydrogen) atoms. The second-order valence-corrected chi connectivity index (χ2v) is 3.99. The number of nitrogens with zero attached hydrogens (tertiary/aromatic N) is 2. The van der Waals surface area contributed by atoms with E-state index in [9.17, 15) is 4.79 Å². The molecule has 0 radical (unpaired) electrons. The topological polar surface area (TPSA) is 59.2 Å². The quantitative estimate of drug-likeness (QED) is 0.714. The molecule has 1 atom stereocenters. The summed E-state index contributed by atoms with van der Waals surface area (Å²) in [6.07, 6.45) is 0.734. The molecular weight excluding hydrogens is 186 g/mol. The minimum atomic E-state index is -0.329. The minimum absolute atomic E-state index is 0.00523. The van der Waals surface area contributed by atoms with Gasteiger partial charge in [0.1, 0.15) is 0 Å². The molecule has 0 spiro atoms. The summed E-state index contributed by atoms with van der Waals surface area (Å²) in [7, 11) is 0. The van der Waals surface area contributed by atoms with E-state index in [1.54, 1.807) is 4.90 Å². The highest BCUT2D eigenvalue weighted by Gasteiger charge is 2.30. The maximum absolute atomic E-state index is 11.5. The zero-order valence-corrected chi connectivity index (χ0v) is 8.17. The van der Waals surface area contributed by atoms with Gasteiger partial charge >= 0.3 is 0 Å². The van der Waals surface area contributed by atoms with Gasteiger partial charge in [0.05, 0.1) is 11.7 Å². The van der Waals surface area contributed by atoms with Gasteiger partial charge in [-0.3, -0.25) is 9.69 Å². The van der Waals surface area contributed by atoms with Crippen LogP contribution < -0.4 is 10.6 Å². The summed E-state index contributed by atoms with van der Waals surface area (Å²) in [6, 6.07) is -0.329. The summed E-state index contributed by atoms with van der Waals surface area (Å²) >= 11 is 1.49. The second kappa shape index (κ2) is 3.08. The predicted octanol–water partition coefficient (Wildman–Crippen LogP) is 0.516. The van der Waals surface area contributed by atoms with E-state index in [1.165, 1.54) is 11.3 Å². The zero-order valence-electron chi connectivity index (χ0n) is 7.36. The van der Waals surface area contributed by atoms with Crippen LogP contribution in [-0.2, 0) is 4.79 Å². The number of amides is 1. The van der Waals surface area contributed by atoms with Crippen molar-refractivity contribution in [1.82, 2.24) is 4.98 Å². The summed E-state index contributed by atoms with van der Waals surface area (Å²) in [6.45, 7) is 2.62. The molecule has 1 aliphatic rings. The number of rotatable bonds is 1. The van der Waals surface area contributed by atoms with Gasteiger partial charge < -0.3 is 5.73 Å². The molecule has 2 N–H and O–H groups in total. The Morgan fingerprint density at radius 3 is 3.00 bits per heavy atom. The van der Waals surface area contributed by atoms with E-state index >= 15 is 0 Å². The molecule has 70 valence electrons. The first-order valence-electron chi connectivity index (χ1n) is 4.17. The molecule has 1 aromatic heterocycles. The molecule has 1 fully saturated rings. The van der Waals surface area contributed by atoms with Gasteiger partial charge in [0.15, 0.2) is 5.13 Å². The largest absolute Gasteiger partial charge is 0.320 e. The summed E-state index contributed by atoms with van der Waals surface area (Å²) in [4.78, 5) is 17.4. The highest BCUT2D eigenvalue weighted by Crippen LogP contribution is 2.24. The fraction of sp³-hybridized carbons (Fsp3) is 0.500. The zero-order chi connectivity index (χ0) is 9.42. The number of hydrogen-bond acceptors (Lipinski definition) is 4. The maximum atomic E-state index is 11.5. The Hall–Kier alpha value is -0.940. The fourth-order valence-corrected chi connectivity index (χ4v) is 2.19. The van der Waals surface area contributed by atoms with Crippen molar-refractivity contribution in [3.05, 3.63) is 11.1 Å². The lowest BCUT2D eigenvalue weighted by molar-refractivity contribution is -0.118. The van der Waals surface area contributed by atoms with Crippen LogP contribution in [0.2, 0.25) is 0 Å². The Morgan fingerprint density at radius 2 is 2.54 bits per heavy atom. The number of anilines is 1. The normalized spacial score (nSPS) is 22.8. The predicted molar refractivity (Wildman–Crippen MR) is 51.8 cm³/mol. The van der Waals surface area contributed by atoms with Crippen LogP contribution in [0.4, 0.5) is 5.13 Å². The standard InChI is InChI=1S/C8H11N3OS/c1-5-4-13-8(10-5)11-3-2-6(9)7(11)12/h4,6H,2-3,9H2,1H3. The number of carbonyl (C=O) groups is 1. The van der Waals surface area contributed by atoms with Gasteiger partial charge in [-0.1, -0.05) is 0 Å². The lowest BCUT2D eigenvalue weighted by Gasteiger charge is -2.10. The first-order chi connectivity index (χ1) is 6.18. The number of carbonyl (C=O) groups excluding carboxylic acids is 1. The third kappa shape index (κ3) is 1.45. The van der Waals surface area contributed by atoms with E-state index in [2.05, 4.69) is 4.98 Å². The van der Waals surface area contributed by atoms with Crippen molar-refractivity contribution in [3.63, 3.8) is 0 Å². The van der Waals surface area contributed by atoms with Crippen LogP contribution in [0.1, 0.15) is 12.1 Å². The molecule has 2 rings (SSSR count). The van der Waals surface area contributed by atoms with E-state index in [1.807, 2.05) is 12.3 Å². The van der Waals surface area contributed by atoms with Gasteiger partial charge in [-0.05, 0) is 13.3 Å². The Morgan fingerprint density at radius 1 is 1.77 bits per heavy atom. The number of thiazole rings is 1. The molecule has 5 heteroatoms. The molecule has 0 aromatic carbocycles. The molecule has 0 aliphatic carbocycles. The van der Waals surface area contributed by atoms with Gasteiger partial charge in [-0.2, -0.15) is 0 Å². The van der Waals surface area contributed by atoms with Crippen molar-refractivity contribution in [3.8, 4) is 0 Å². The lowest BCUT2D eigenvalue weighted by atomic mass is 10.3. The Labute approximate surface area is 80.4 Å². The molecule has 1 saturated heterocycles. The van der Waals surface area contributed by atoms with Gasteiger partial charge in [0.25, 0.3) is 0 Å². The van der Waals surface area contributed by atoms with Crippen molar-refractivity contribution in [2.45, 2.75) is 19.4 Å².